The lowest BCUT2D eigenvalue weighted by atomic mass is 10.0. The lowest BCUT2D eigenvalue weighted by Crippen LogP contribution is -2.37. The van der Waals surface area contributed by atoms with E-state index in [-0.39, 0.29) is 0 Å². The van der Waals surface area contributed by atoms with E-state index in [2.05, 4.69) is 23.6 Å². The fourth-order valence-electron chi connectivity index (χ4n) is 3.30. The van der Waals surface area contributed by atoms with Gasteiger partial charge in [-0.15, -0.1) is 11.3 Å². The number of nitrogens with zero attached hydrogens (tertiary/aromatic N) is 2. The zero-order valence-corrected chi connectivity index (χ0v) is 17.2. The Kier molecular flexibility index (Phi) is 7.51. The second-order valence-electron chi connectivity index (χ2n) is 6.72. The molecule has 0 saturated heterocycles. The molecule has 146 valence electrons. The first-order chi connectivity index (χ1) is 13.3. The van der Waals surface area contributed by atoms with Crippen molar-refractivity contribution in [2.75, 3.05) is 20.2 Å². The molecule has 5 nitrogen and oxygen atoms in total. The van der Waals surface area contributed by atoms with E-state index >= 15 is 0 Å². The Morgan fingerprint density at radius 3 is 2.89 bits per heavy atom. The molecule has 1 aliphatic carbocycles. The number of rotatable bonds is 8. The van der Waals surface area contributed by atoms with E-state index in [0.29, 0.717) is 6.54 Å². The number of hydrogen-bond donors (Lipinski definition) is 2. The molecule has 0 fully saturated rings. The summed E-state index contributed by atoms with van der Waals surface area (Å²) in [5.74, 6) is 1.73. The minimum atomic E-state index is 0.596. The summed E-state index contributed by atoms with van der Waals surface area (Å²) in [4.78, 5) is 11.0. The van der Waals surface area contributed by atoms with Crippen molar-refractivity contribution < 1.29 is 4.74 Å². The van der Waals surface area contributed by atoms with Crippen LogP contribution in [0.5, 0.6) is 5.75 Å². The van der Waals surface area contributed by atoms with Gasteiger partial charge in [0.2, 0.25) is 0 Å². The maximum atomic E-state index is 5.40. The van der Waals surface area contributed by atoms with Crippen molar-refractivity contribution in [3.63, 3.8) is 0 Å². The molecule has 2 N–H and O–H groups in total. The van der Waals surface area contributed by atoms with Crippen molar-refractivity contribution in [3.05, 3.63) is 45.4 Å². The van der Waals surface area contributed by atoms with Crippen LogP contribution in [0.25, 0.3) is 0 Å². The Hall–Kier alpha value is -2.08. The van der Waals surface area contributed by atoms with E-state index in [1.165, 1.54) is 41.3 Å². The van der Waals surface area contributed by atoms with Gasteiger partial charge in [-0.2, -0.15) is 0 Å². The first kappa shape index (κ1) is 19.7. The third-order valence-electron chi connectivity index (χ3n) is 4.69. The molecule has 6 heteroatoms. The largest absolute Gasteiger partial charge is 0.496 e. The van der Waals surface area contributed by atoms with Crippen LogP contribution in [0.1, 0.15) is 47.3 Å². The van der Waals surface area contributed by atoms with Gasteiger partial charge in [-0.3, -0.25) is 0 Å². The van der Waals surface area contributed by atoms with E-state index < -0.39 is 0 Å². The average molecular weight is 387 g/mol. The SMILES string of the molecule is CCNC(=NCc1ccccc1OC)NCCCc1nc2c(s1)CCCC2. The third-order valence-corrected chi connectivity index (χ3v) is 5.91. The fraction of sp³-hybridized carbons (Fsp3) is 0.524. The molecule has 0 atom stereocenters. The second-order valence-corrected chi connectivity index (χ2v) is 7.89. The normalized spacial score (nSPS) is 13.9. The van der Waals surface area contributed by atoms with Gasteiger partial charge in [0.25, 0.3) is 0 Å². The zero-order chi connectivity index (χ0) is 18.9. The second kappa shape index (κ2) is 10.3. The van der Waals surface area contributed by atoms with Crippen molar-refractivity contribution in [2.24, 2.45) is 4.99 Å². The quantitative estimate of drug-likeness (QED) is 0.412. The molecule has 27 heavy (non-hydrogen) atoms. The maximum absolute atomic E-state index is 5.40. The highest BCUT2D eigenvalue weighted by Crippen LogP contribution is 2.27. The Balaban J connectivity index is 1.48. The number of methoxy groups -OCH3 is 1. The van der Waals surface area contributed by atoms with Crippen LogP contribution in [0.4, 0.5) is 0 Å². The summed E-state index contributed by atoms with van der Waals surface area (Å²) in [7, 11) is 1.70. The van der Waals surface area contributed by atoms with Gasteiger partial charge in [0.1, 0.15) is 5.75 Å². The minimum Gasteiger partial charge on any atom is -0.496 e. The highest BCUT2D eigenvalue weighted by Gasteiger charge is 2.14. The number of aliphatic imine (C=N–C) groups is 1. The summed E-state index contributed by atoms with van der Waals surface area (Å²) in [6, 6.07) is 8.02. The number of benzene rings is 1. The molecule has 0 saturated carbocycles. The van der Waals surface area contributed by atoms with E-state index in [4.69, 9.17) is 14.7 Å². The van der Waals surface area contributed by atoms with Crippen LogP contribution in [-0.2, 0) is 25.8 Å². The molecule has 1 heterocycles. The third kappa shape index (κ3) is 5.70. The molecule has 0 radical (unpaired) electrons. The number of guanidine groups is 1. The van der Waals surface area contributed by atoms with E-state index in [1.54, 1.807) is 7.11 Å². The van der Waals surface area contributed by atoms with Crippen LogP contribution in [-0.4, -0.2) is 31.1 Å². The number of aryl methyl sites for hydroxylation is 3. The van der Waals surface area contributed by atoms with E-state index in [1.807, 2.05) is 29.5 Å². The van der Waals surface area contributed by atoms with Crippen molar-refractivity contribution in [3.8, 4) is 5.75 Å². The first-order valence-electron chi connectivity index (χ1n) is 9.91. The molecule has 0 spiro atoms. The molecule has 0 unspecified atom stereocenters. The summed E-state index contributed by atoms with van der Waals surface area (Å²) in [5.41, 5.74) is 2.45. The molecular formula is C21H30N4OS. The van der Waals surface area contributed by atoms with Gasteiger partial charge in [-0.1, -0.05) is 18.2 Å². The Bertz CT molecular complexity index is 733. The standard InChI is InChI=1S/C21H30N4OS/c1-3-22-21(24-15-16-9-4-6-11-18(16)26-2)23-14-8-13-20-25-17-10-5-7-12-19(17)27-20/h4,6,9,11H,3,5,7-8,10,12-15H2,1-2H3,(H2,22,23,24). The van der Waals surface area contributed by atoms with Crippen molar-refractivity contribution in [1.82, 2.24) is 15.6 Å². The van der Waals surface area contributed by atoms with Crippen LogP contribution in [0.15, 0.2) is 29.3 Å². The molecule has 1 aromatic carbocycles. The molecular weight excluding hydrogens is 356 g/mol. The predicted octanol–water partition coefficient (Wildman–Crippen LogP) is 3.72. The summed E-state index contributed by atoms with van der Waals surface area (Å²) in [5, 5.41) is 8.04. The van der Waals surface area contributed by atoms with Gasteiger partial charge in [0.15, 0.2) is 5.96 Å². The number of hydrogen-bond acceptors (Lipinski definition) is 4. The van der Waals surface area contributed by atoms with E-state index in [9.17, 15) is 0 Å². The topological polar surface area (TPSA) is 58.5 Å². The lowest BCUT2D eigenvalue weighted by Gasteiger charge is -2.12. The molecule has 1 aliphatic rings. The summed E-state index contributed by atoms with van der Waals surface area (Å²) < 4.78 is 5.40. The highest BCUT2D eigenvalue weighted by atomic mass is 32.1. The first-order valence-corrected chi connectivity index (χ1v) is 10.7. The van der Waals surface area contributed by atoms with Crippen LogP contribution in [0, 0.1) is 0 Å². The van der Waals surface area contributed by atoms with Crippen molar-refractivity contribution >= 4 is 17.3 Å². The molecule has 0 amide bonds. The van der Waals surface area contributed by atoms with Crippen LogP contribution >= 0.6 is 11.3 Å². The summed E-state index contributed by atoms with van der Waals surface area (Å²) >= 11 is 1.92. The molecule has 1 aromatic heterocycles. The monoisotopic (exact) mass is 386 g/mol. The van der Waals surface area contributed by atoms with Gasteiger partial charge in [-0.05, 0) is 45.1 Å². The van der Waals surface area contributed by atoms with Gasteiger partial charge in [0.05, 0.1) is 24.4 Å². The van der Waals surface area contributed by atoms with Gasteiger partial charge in [-0.25, -0.2) is 9.98 Å². The molecule has 0 aliphatic heterocycles. The number of thiazole rings is 1. The number of para-hydroxylation sites is 1. The number of fused-ring (bicyclic) bond motifs is 1. The molecule has 2 aromatic rings. The van der Waals surface area contributed by atoms with Gasteiger partial charge < -0.3 is 15.4 Å². The highest BCUT2D eigenvalue weighted by molar-refractivity contribution is 7.11. The smallest absolute Gasteiger partial charge is 0.191 e. The molecule has 0 bridgehead atoms. The Morgan fingerprint density at radius 1 is 1.22 bits per heavy atom. The number of aromatic nitrogens is 1. The number of nitrogens with one attached hydrogen (secondary N) is 2. The lowest BCUT2D eigenvalue weighted by molar-refractivity contribution is 0.410. The van der Waals surface area contributed by atoms with E-state index in [0.717, 1.165) is 43.2 Å². The van der Waals surface area contributed by atoms with Gasteiger partial charge >= 0.3 is 0 Å². The zero-order valence-electron chi connectivity index (χ0n) is 16.4. The van der Waals surface area contributed by atoms with Crippen molar-refractivity contribution in [2.45, 2.75) is 52.0 Å². The average Bonchev–Trinajstić information content (AvgIpc) is 3.12. The summed E-state index contributed by atoms with van der Waals surface area (Å²) in [6.45, 7) is 4.41. The predicted molar refractivity (Wildman–Crippen MR) is 113 cm³/mol. The Labute approximate surface area is 166 Å². The van der Waals surface area contributed by atoms with Crippen molar-refractivity contribution in [1.29, 1.82) is 0 Å². The fourth-order valence-corrected chi connectivity index (χ4v) is 4.50. The Morgan fingerprint density at radius 2 is 2.07 bits per heavy atom. The van der Waals surface area contributed by atoms with Crippen LogP contribution in [0.3, 0.4) is 0 Å². The maximum Gasteiger partial charge on any atom is 0.191 e. The molecule has 3 rings (SSSR count). The minimum absolute atomic E-state index is 0.596. The van der Waals surface area contributed by atoms with Gasteiger partial charge in [0, 0.05) is 30.0 Å². The summed E-state index contributed by atoms with van der Waals surface area (Å²) in [6.07, 6.45) is 7.12. The van der Waals surface area contributed by atoms with Crippen LogP contribution in [0.2, 0.25) is 0 Å². The number of ether oxygens (including phenoxy) is 1. The van der Waals surface area contributed by atoms with Crippen LogP contribution < -0.4 is 15.4 Å².